The molecule has 120 valence electrons. The van der Waals surface area contributed by atoms with Crippen molar-refractivity contribution in [2.24, 2.45) is 11.8 Å². The summed E-state index contributed by atoms with van der Waals surface area (Å²) in [5.41, 5.74) is 0. The van der Waals surface area contributed by atoms with E-state index in [2.05, 4.69) is 15.3 Å². The summed E-state index contributed by atoms with van der Waals surface area (Å²) in [6, 6.07) is 12.1. The van der Waals surface area contributed by atoms with Crippen LogP contribution in [0.5, 0.6) is 11.6 Å². The Labute approximate surface area is 137 Å². The number of benzene rings is 1. The number of hydrogen-bond acceptors (Lipinski definition) is 4. The summed E-state index contributed by atoms with van der Waals surface area (Å²) in [6.07, 6.45) is 10.1. The second-order valence-corrected chi connectivity index (χ2v) is 6.68. The van der Waals surface area contributed by atoms with Crippen molar-refractivity contribution in [1.29, 1.82) is 0 Å². The topological polar surface area (TPSA) is 47.0 Å². The monoisotopic (exact) mass is 309 g/mol. The molecule has 2 aliphatic carbocycles. The maximum atomic E-state index is 5.77. The van der Waals surface area contributed by atoms with Gasteiger partial charge in [-0.3, -0.25) is 0 Å². The highest BCUT2D eigenvalue weighted by Gasteiger charge is 2.43. The molecule has 1 heterocycles. The first-order chi connectivity index (χ1) is 11.4. The largest absolute Gasteiger partial charge is 0.439 e. The van der Waals surface area contributed by atoms with Gasteiger partial charge in [0, 0.05) is 18.3 Å². The highest BCUT2D eigenvalue weighted by Crippen LogP contribution is 2.45. The van der Waals surface area contributed by atoms with Gasteiger partial charge in [-0.1, -0.05) is 50.3 Å². The van der Waals surface area contributed by atoms with E-state index in [1.54, 1.807) is 12.3 Å². The summed E-state index contributed by atoms with van der Waals surface area (Å²) in [4.78, 5) is 8.82. The molecule has 4 rings (SSSR count). The van der Waals surface area contributed by atoms with Crippen LogP contribution in [0.15, 0.2) is 42.6 Å². The number of nitrogens with one attached hydrogen (secondary N) is 1. The fourth-order valence-corrected chi connectivity index (χ4v) is 3.71. The second kappa shape index (κ2) is 6.57. The lowest BCUT2D eigenvalue weighted by atomic mass is 9.85. The highest BCUT2D eigenvalue weighted by atomic mass is 16.5. The lowest BCUT2D eigenvalue weighted by Gasteiger charge is -2.21. The number of rotatable bonds is 5. The molecular formula is C19H23N3O. The molecule has 0 radical (unpaired) electrons. The molecule has 2 saturated carbocycles. The molecule has 0 spiro atoms. The van der Waals surface area contributed by atoms with Gasteiger partial charge in [-0.05, 0) is 30.4 Å². The first kappa shape index (κ1) is 14.5. The van der Waals surface area contributed by atoms with Crippen molar-refractivity contribution < 1.29 is 4.74 Å². The first-order valence-corrected chi connectivity index (χ1v) is 8.71. The quantitative estimate of drug-likeness (QED) is 0.873. The van der Waals surface area contributed by atoms with Gasteiger partial charge >= 0.3 is 0 Å². The zero-order chi connectivity index (χ0) is 15.5. The SMILES string of the molecule is c1ccc(Oc2ccnc(N[C@@H]3C[C@H]3C3CCCCC3)n2)cc1. The maximum absolute atomic E-state index is 5.77. The van der Waals surface area contributed by atoms with Crippen LogP contribution in [0, 0.1) is 11.8 Å². The summed E-state index contributed by atoms with van der Waals surface area (Å²) < 4.78 is 5.77. The molecule has 0 aliphatic heterocycles. The van der Waals surface area contributed by atoms with Crippen molar-refractivity contribution in [2.45, 2.75) is 44.6 Å². The molecule has 4 nitrogen and oxygen atoms in total. The Hall–Kier alpha value is -2.10. The third kappa shape index (κ3) is 3.63. The standard InChI is InChI=1S/C19H23N3O/c1-3-7-14(8-4-1)16-13-17(16)21-19-20-12-11-18(22-19)23-15-9-5-2-6-10-15/h2,5-6,9-12,14,16-17H,1,3-4,7-8,13H2,(H,20,21,22)/t16-,17+/m0/s1. The molecular weight excluding hydrogens is 286 g/mol. The van der Waals surface area contributed by atoms with Gasteiger partial charge in [-0.2, -0.15) is 4.98 Å². The minimum absolute atomic E-state index is 0.546. The Morgan fingerprint density at radius 2 is 1.83 bits per heavy atom. The van der Waals surface area contributed by atoms with Gasteiger partial charge in [0.1, 0.15) is 5.75 Å². The highest BCUT2D eigenvalue weighted by molar-refractivity contribution is 5.34. The van der Waals surface area contributed by atoms with Crippen LogP contribution in [0.25, 0.3) is 0 Å². The summed E-state index contributed by atoms with van der Waals surface area (Å²) in [7, 11) is 0. The van der Waals surface area contributed by atoms with Gasteiger partial charge < -0.3 is 10.1 Å². The van der Waals surface area contributed by atoms with Gasteiger partial charge in [0.15, 0.2) is 0 Å². The fraction of sp³-hybridized carbons (Fsp3) is 0.474. The minimum atomic E-state index is 0.546. The van der Waals surface area contributed by atoms with Crippen molar-refractivity contribution in [3.05, 3.63) is 42.6 Å². The lowest BCUT2D eigenvalue weighted by Crippen LogP contribution is -2.15. The van der Waals surface area contributed by atoms with Crippen LogP contribution in [0.3, 0.4) is 0 Å². The number of aromatic nitrogens is 2. The van der Waals surface area contributed by atoms with Crippen LogP contribution in [-0.2, 0) is 0 Å². The predicted molar refractivity (Wildman–Crippen MR) is 90.6 cm³/mol. The molecule has 1 aromatic heterocycles. The molecule has 2 atom stereocenters. The Morgan fingerprint density at radius 3 is 2.65 bits per heavy atom. The molecule has 0 saturated heterocycles. The van der Waals surface area contributed by atoms with Crippen molar-refractivity contribution in [1.82, 2.24) is 9.97 Å². The van der Waals surface area contributed by atoms with Gasteiger partial charge in [0.05, 0.1) is 0 Å². The molecule has 0 amide bonds. The van der Waals surface area contributed by atoms with E-state index in [1.807, 2.05) is 30.3 Å². The van der Waals surface area contributed by atoms with E-state index in [9.17, 15) is 0 Å². The molecule has 4 heteroatoms. The Balaban J connectivity index is 1.36. The van der Waals surface area contributed by atoms with E-state index in [-0.39, 0.29) is 0 Å². The number of para-hydroxylation sites is 1. The van der Waals surface area contributed by atoms with Crippen LogP contribution in [0.4, 0.5) is 5.95 Å². The van der Waals surface area contributed by atoms with Crippen LogP contribution in [0.2, 0.25) is 0 Å². The van der Waals surface area contributed by atoms with Crippen molar-refractivity contribution in [2.75, 3.05) is 5.32 Å². The number of nitrogens with zero attached hydrogens (tertiary/aromatic N) is 2. The molecule has 23 heavy (non-hydrogen) atoms. The van der Waals surface area contributed by atoms with Crippen LogP contribution < -0.4 is 10.1 Å². The summed E-state index contributed by atoms with van der Waals surface area (Å²) in [5.74, 6) is 3.79. The molecule has 2 fully saturated rings. The Morgan fingerprint density at radius 1 is 1.00 bits per heavy atom. The summed E-state index contributed by atoms with van der Waals surface area (Å²) >= 11 is 0. The third-order valence-electron chi connectivity index (χ3n) is 5.01. The van der Waals surface area contributed by atoms with E-state index in [0.29, 0.717) is 17.9 Å². The van der Waals surface area contributed by atoms with Crippen LogP contribution in [-0.4, -0.2) is 16.0 Å². The smallest absolute Gasteiger partial charge is 0.226 e. The van der Waals surface area contributed by atoms with Crippen LogP contribution >= 0.6 is 0 Å². The number of hydrogen-bond donors (Lipinski definition) is 1. The average Bonchev–Trinajstić information content (AvgIpc) is 3.36. The van der Waals surface area contributed by atoms with E-state index in [4.69, 9.17) is 4.74 Å². The van der Waals surface area contributed by atoms with Crippen LogP contribution in [0.1, 0.15) is 38.5 Å². The van der Waals surface area contributed by atoms with E-state index in [0.717, 1.165) is 17.6 Å². The maximum Gasteiger partial charge on any atom is 0.226 e. The predicted octanol–water partition coefficient (Wildman–Crippen LogP) is 4.65. The molecule has 2 aromatic rings. The molecule has 0 bridgehead atoms. The molecule has 1 N–H and O–H groups in total. The summed E-state index contributed by atoms with van der Waals surface area (Å²) in [6.45, 7) is 0. The summed E-state index contributed by atoms with van der Waals surface area (Å²) in [5, 5.41) is 3.49. The van der Waals surface area contributed by atoms with Gasteiger partial charge in [-0.15, -0.1) is 0 Å². The van der Waals surface area contributed by atoms with E-state index < -0.39 is 0 Å². The minimum Gasteiger partial charge on any atom is -0.439 e. The number of anilines is 1. The van der Waals surface area contributed by atoms with Crippen molar-refractivity contribution >= 4 is 5.95 Å². The third-order valence-corrected chi connectivity index (χ3v) is 5.01. The lowest BCUT2D eigenvalue weighted by molar-refractivity contribution is 0.319. The molecule has 2 aliphatic rings. The zero-order valence-corrected chi connectivity index (χ0v) is 13.3. The second-order valence-electron chi connectivity index (χ2n) is 6.68. The van der Waals surface area contributed by atoms with Gasteiger partial charge in [-0.25, -0.2) is 4.98 Å². The fourth-order valence-electron chi connectivity index (χ4n) is 3.71. The Bertz CT molecular complexity index is 640. The normalized spacial score (nSPS) is 24.2. The number of ether oxygens (including phenoxy) is 1. The van der Waals surface area contributed by atoms with Crippen molar-refractivity contribution in [3.63, 3.8) is 0 Å². The molecule has 1 aromatic carbocycles. The molecule has 0 unspecified atom stereocenters. The van der Waals surface area contributed by atoms with Gasteiger partial charge in [0.25, 0.3) is 0 Å². The first-order valence-electron chi connectivity index (χ1n) is 8.71. The zero-order valence-electron chi connectivity index (χ0n) is 13.3. The van der Waals surface area contributed by atoms with Gasteiger partial charge in [0.2, 0.25) is 11.8 Å². The Kier molecular flexibility index (Phi) is 4.14. The average molecular weight is 309 g/mol. The van der Waals surface area contributed by atoms with Crippen molar-refractivity contribution in [3.8, 4) is 11.6 Å². The van der Waals surface area contributed by atoms with E-state index in [1.165, 1.54) is 38.5 Å². The van der Waals surface area contributed by atoms with E-state index >= 15 is 0 Å².